The van der Waals surface area contributed by atoms with E-state index in [9.17, 15) is 9.90 Å². The molecular weight excluding hydrogens is 322 g/mol. The number of hydrogen-bond acceptors (Lipinski definition) is 3. The lowest BCUT2D eigenvalue weighted by Crippen LogP contribution is -2.41. The van der Waals surface area contributed by atoms with Crippen LogP contribution in [0.2, 0.25) is 0 Å². The van der Waals surface area contributed by atoms with Crippen LogP contribution >= 0.6 is 15.9 Å². The molecule has 4 nitrogen and oxygen atoms in total. The van der Waals surface area contributed by atoms with E-state index in [1.807, 2.05) is 19.9 Å². The standard InChI is InChI=1S/C15H22BrNO3/c1-5-9(2)17-15(19)11(4)20-14-8-12(16)6-7-13(14)10(3)18/h6-11,18H,5H2,1-4H3,(H,17,19)/t9?,10-,11?/m1/s1. The molecule has 2 unspecified atom stereocenters. The maximum atomic E-state index is 12.0. The molecule has 0 aliphatic carbocycles. The average Bonchev–Trinajstić information content (AvgIpc) is 2.38. The van der Waals surface area contributed by atoms with Crippen LogP contribution in [-0.4, -0.2) is 23.2 Å². The SMILES string of the molecule is CCC(C)NC(=O)C(C)Oc1cc(Br)ccc1[C@@H](C)O. The van der Waals surface area contributed by atoms with E-state index in [2.05, 4.69) is 21.2 Å². The number of benzene rings is 1. The highest BCUT2D eigenvalue weighted by Crippen LogP contribution is 2.29. The van der Waals surface area contributed by atoms with Gasteiger partial charge in [-0.2, -0.15) is 0 Å². The molecule has 2 N–H and O–H groups in total. The Morgan fingerprint density at radius 3 is 2.60 bits per heavy atom. The summed E-state index contributed by atoms with van der Waals surface area (Å²) in [7, 11) is 0. The van der Waals surface area contributed by atoms with E-state index in [0.717, 1.165) is 10.9 Å². The predicted molar refractivity (Wildman–Crippen MR) is 82.8 cm³/mol. The molecule has 1 aromatic rings. The van der Waals surface area contributed by atoms with Crippen molar-refractivity contribution in [3.8, 4) is 5.75 Å². The zero-order valence-corrected chi connectivity index (χ0v) is 13.9. The lowest BCUT2D eigenvalue weighted by Gasteiger charge is -2.20. The maximum absolute atomic E-state index is 12.0. The number of aliphatic hydroxyl groups is 1. The van der Waals surface area contributed by atoms with Gasteiger partial charge in [0.05, 0.1) is 6.10 Å². The highest BCUT2D eigenvalue weighted by Gasteiger charge is 2.19. The average molecular weight is 344 g/mol. The van der Waals surface area contributed by atoms with Crippen molar-refractivity contribution in [1.29, 1.82) is 0 Å². The van der Waals surface area contributed by atoms with Crippen LogP contribution in [0.25, 0.3) is 0 Å². The molecule has 20 heavy (non-hydrogen) atoms. The summed E-state index contributed by atoms with van der Waals surface area (Å²) in [5.74, 6) is 0.358. The van der Waals surface area contributed by atoms with Gasteiger partial charge in [0.25, 0.3) is 5.91 Å². The summed E-state index contributed by atoms with van der Waals surface area (Å²) < 4.78 is 6.53. The first-order chi connectivity index (χ1) is 9.35. The third-order valence-corrected chi connectivity index (χ3v) is 3.59. The highest BCUT2D eigenvalue weighted by atomic mass is 79.9. The number of nitrogens with one attached hydrogen (secondary N) is 1. The predicted octanol–water partition coefficient (Wildman–Crippen LogP) is 3.18. The second kappa shape index (κ2) is 7.64. The molecule has 112 valence electrons. The monoisotopic (exact) mass is 343 g/mol. The largest absolute Gasteiger partial charge is 0.480 e. The van der Waals surface area contributed by atoms with Crippen LogP contribution in [0.1, 0.15) is 45.8 Å². The Bertz CT molecular complexity index is 462. The number of rotatable bonds is 6. The Hall–Kier alpha value is -1.07. The van der Waals surface area contributed by atoms with Gasteiger partial charge in [-0.1, -0.05) is 28.9 Å². The van der Waals surface area contributed by atoms with Crippen molar-refractivity contribution in [3.05, 3.63) is 28.2 Å². The number of halogens is 1. The van der Waals surface area contributed by atoms with Gasteiger partial charge >= 0.3 is 0 Å². The summed E-state index contributed by atoms with van der Waals surface area (Å²) in [5.41, 5.74) is 0.663. The van der Waals surface area contributed by atoms with Crippen LogP contribution in [0, 0.1) is 0 Å². The van der Waals surface area contributed by atoms with Gasteiger partial charge in [-0.05, 0) is 39.3 Å². The van der Waals surface area contributed by atoms with Gasteiger partial charge in [-0.25, -0.2) is 0 Å². The number of hydrogen-bond donors (Lipinski definition) is 2. The van der Waals surface area contributed by atoms with E-state index in [-0.39, 0.29) is 11.9 Å². The molecule has 0 spiro atoms. The molecule has 1 aromatic carbocycles. The third kappa shape index (κ3) is 4.80. The first-order valence-corrected chi connectivity index (χ1v) is 7.59. The minimum absolute atomic E-state index is 0.118. The van der Waals surface area contributed by atoms with Crippen LogP contribution in [0.15, 0.2) is 22.7 Å². The van der Waals surface area contributed by atoms with E-state index in [0.29, 0.717) is 11.3 Å². The number of aliphatic hydroxyl groups excluding tert-OH is 1. The smallest absolute Gasteiger partial charge is 0.260 e. The highest BCUT2D eigenvalue weighted by molar-refractivity contribution is 9.10. The van der Waals surface area contributed by atoms with Crippen LogP contribution in [0.4, 0.5) is 0 Å². The summed E-state index contributed by atoms with van der Waals surface area (Å²) in [5, 5.41) is 12.6. The van der Waals surface area contributed by atoms with Gasteiger partial charge in [-0.15, -0.1) is 0 Å². The number of amides is 1. The van der Waals surface area contributed by atoms with E-state index in [1.54, 1.807) is 26.0 Å². The van der Waals surface area contributed by atoms with Crippen LogP contribution in [0.3, 0.4) is 0 Å². The fourth-order valence-electron chi connectivity index (χ4n) is 1.66. The second-order valence-electron chi connectivity index (χ2n) is 4.94. The molecule has 0 aliphatic rings. The minimum Gasteiger partial charge on any atom is -0.480 e. The summed E-state index contributed by atoms with van der Waals surface area (Å²) in [4.78, 5) is 12.0. The quantitative estimate of drug-likeness (QED) is 0.833. The molecular formula is C15H22BrNO3. The molecule has 0 saturated carbocycles. The summed E-state index contributed by atoms with van der Waals surface area (Å²) in [6.07, 6.45) is -0.396. The van der Waals surface area contributed by atoms with Gasteiger partial charge in [-0.3, -0.25) is 4.79 Å². The molecule has 0 bridgehead atoms. The zero-order chi connectivity index (χ0) is 15.3. The van der Waals surface area contributed by atoms with E-state index in [4.69, 9.17) is 4.74 Å². The van der Waals surface area contributed by atoms with E-state index < -0.39 is 12.2 Å². The number of ether oxygens (including phenoxy) is 1. The topological polar surface area (TPSA) is 58.6 Å². The van der Waals surface area contributed by atoms with Crippen molar-refractivity contribution in [3.63, 3.8) is 0 Å². The van der Waals surface area contributed by atoms with Gasteiger partial charge < -0.3 is 15.2 Å². The summed E-state index contributed by atoms with van der Waals surface area (Å²) in [6.45, 7) is 7.33. The molecule has 1 rings (SSSR count). The Morgan fingerprint density at radius 1 is 1.40 bits per heavy atom. The third-order valence-electron chi connectivity index (χ3n) is 3.10. The lowest BCUT2D eigenvalue weighted by atomic mass is 10.1. The minimum atomic E-state index is -0.650. The molecule has 1 amide bonds. The van der Waals surface area contributed by atoms with Crippen molar-refractivity contribution in [2.75, 3.05) is 0 Å². The van der Waals surface area contributed by atoms with Gasteiger partial charge in [0.15, 0.2) is 6.10 Å². The Kier molecular flexibility index (Phi) is 6.49. The van der Waals surface area contributed by atoms with E-state index in [1.165, 1.54) is 0 Å². The van der Waals surface area contributed by atoms with Crippen molar-refractivity contribution in [2.24, 2.45) is 0 Å². The van der Waals surface area contributed by atoms with Crippen molar-refractivity contribution in [1.82, 2.24) is 5.32 Å². The maximum Gasteiger partial charge on any atom is 0.260 e. The molecule has 0 fully saturated rings. The van der Waals surface area contributed by atoms with Gasteiger partial charge in [0.2, 0.25) is 0 Å². The number of carbonyl (C=O) groups is 1. The van der Waals surface area contributed by atoms with Crippen LogP contribution in [-0.2, 0) is 4.79 Å². The molecule has 3 atom stereocenters. The molecule has 5 heteroatoms. The first-order valence-electron chi connectivity index (χ1n) is 6.79. The molecule has 0 aromatic heterocycles. The van der Waals surface area contributed by atoms with Crippen molar-refractivity contribution < 1.29 is 14.6 Å². The fourth-order valence-corrected chi connectivity index (χ4v) is 2.00. The Balaban J connectivity index is 2.81. The lowest BCUT2D eigenvalue weighted by molar-refractivity contribution is -0.127. The van der Waals surface area contributed by atoms with Gasteiger partial charge in [0.1, 0.15) is 5.75 Å². The molecule has 0 aliphatic heterocycles. The first kappa shape index (κ1) is 17.0. The zero-order valence-electron chi connectivity index (χ0n) is 12.3. The number of carbonyl (C=O) groups excluding carboxylic acids is 1. The van der Waals surface area contributed by atoms with Gasteiger partial charge in [0, 0.05) is 16.1 Å². The summed E-state index contributed by atoms with van der Waals surface area (Å²) >= 11 is 3.36. The Labute approximate surface area is 128 Å². The molecule has 0 heterocycles. The van der Waals surface area contributed by atoms with Crippen molar-refractivity contribution in [2.45, 2.75) is 52.4 Å². The summed E-state index contributed by atoms with van der Waals surface area (Å²) in [6, 6.07) is 5.49. The fraction of sp³-hybridized carbons (Fsp3) is 0.533. The molecule has 0 saturated heterocycles. The van der Waals surface area contributed by atoms with Crippen LogP contribution < -0.4 is 10.1 Å². The normalized spacial score (nSPS) is 15.3. The second-order valence-corrected chi connectivity index (χ2v) is 5.85. The Morgan fingerprint density at radius 2 is 2.05 bits per heavy atom. The van der Waals surface area contributed by atoms with Crippen LogP contribution in [0.5, 0.6) is 5.75 Å². The molecule has 0 radical (unpaired) electrons. The van der Waals surface area contributed by atoms with Crippen molar-refractivity contribution >= 4 is 21.8 Å². The van der Waals surface area contributed by atoms with E-state index >= 15 is 0 Å².